The van der Waals surface area contributed by atoms with E-state index in [2.05, 4.69) is 50.0 Å². The Balaban J connectivity index is 2.62. The van der Waals surface area contributed by atoms with Gasteiger partial charge in [0.25, 0.3) is 0 Å². The van der Waals surface area contributed by atoms with Crippen LogP contribution >= 0.6 is 0 Å². The molecule has 4 nitrogen and oxygen atoms in total. The number of hydrogen-bond donors (Lipinski definition) is 1. The smallest absolute Gasteiger partial charge is 0.138 e. The molecule has 1 aromatic rings. The summed E-state index contributed by atoms with van der Waals surface area (Å²) in [6.45, 7) is 13.2. The maximum Gasteiger partial charge on any atom is 0.138 e. The van der Waals surface area contributed by atoms with Crippen molar-refractivity contribution in [3.63, 3.8) is 0 Å². The fourth-order valence-corrected chi connectivity index (χ4v) is 2.09. The molecule has 1 aromatic heterocycles. The van der Waals surface area contributed by atoms with Gasteiger partial charge < -0.3 is 5.32 Å². The Kier molecular flexibility index (Phi) is 6.33. The predicted molar refractivity (Wildman–Crippen MR) is 75.6 cm³/mol. The van der Waals surface area contributed by atoms with E-state index in [1.165, 1.54) is 6.42 Å². The molecule has 0 saturated heterocycles. The molecule has 0 aromatic carbocycles. The lowest BCUT2D eigenvalue weighted by atomic mass is 9.92. The third-order valence-electron chi connectivity index (χ3n) is 3.36. The molecule has 1 rings (SSSR count). The zero-order chi connectivity index (χ0) is 13.5. The van der Waals surface area contributed by atoms with Gasteiger partial charge in [0, 0.05) is 12.5 Å². The average Bonchev–Trinajstić information content (AvgIpc) is 2.76. The van der Waals surface area contributed by atoms with E-state index in [4.69, 9.17) is 0 Å². The summed E-state index contributed by atoms with van der Waals surface area (Å²) in [6, 6.07) is 0.388. The summed E-state index contributed by atoms with van der Waals surface area (Å²) >= 11 is 0. The predicted octanol–water partition coefficient (Wildman–Crippen LogP) is 2.67. The van der Waals surface area contributed by atoms with Crippen molar-refractivity contribution < 1.29 is 0 Å². The quantitative estimate of drug-likeness (QED) is 0.723. The molecule has 0 radical (unpaired) electrons. The van der Waals surface area contributed by atoms with Crippen LogP contribution in [0.15, 0.2) is 6.33 Å². The van der Waals surface area contributed by atoms with Crippen molar-refractivity contribution >= 4 is 0 Å². The lowest BCUT2D eigenvalue weighted by Gasteiger charge is -2.21. The first-order chi connectivity index (χ1) is 8.56. The van der Waals surface area contributed by atoms with Gasteiger partial charge in [0.15, 0.2) is 0 Å². The Hall–Kier alpha value is -0.900. The minimum absolute atomic E-state index is 0.388. The number of aromatic nitrogens is 3. The molecule has 0 spiro atoms. The normalized spacial score (nSPS) is 13.5. The van der Waals surface area contributed by atoms with E-state index in [0.29, 0.717) is 17.9 Å². The summed E-state index contributed by atoms with van der Waals surface area (Å²) in [5, 5.41) is 7.83. The van der Waals surface area contributed by atoms with Crippen LogP contribution in [0.5, 0.6) is 0 Å². The van der Waals surface area contributed by atoms with Crippen LogP contribution in [-0.4, -0.2) is 27.9 Å². The lowest BCUT2D eigenvalue weighted by Crippen LogP contribution is -2.29. The zero-order valence-corrected chi connectivity index (χ0v) is 12.5. The van der Waals surface area contributed by atoms with Crippen molar-refractivity contribution in [2.45, 2.75) is 53.5 Å². The van der Waals surface area contributed by atoms with Gasteiger partial charge in [-0.1, -0.05) is 20.8 Å². The molecule has 0 aliphatic carbocycles. The highest BCUT2D eigenvalue weighted by atomic mass is 15.3. The largest absolute Gasteiger partial charge is 0.316 e. The maximum atomic E-state index is 4.41. The first kappa shape index (κ1) is 15.2. The Morgan fingerprint density at radius 3 is 2.56 bits per heavy atom. The summed E-state index contributed by atoms with van der Waals surface area (Å²) in [6.07, 6.45) is 3.87. The van der Waals surface area contributed by atoms with Crippen LogP contribution < -0.4 is 5.32 Å². The van der Waals surface area contributed by atoms with Crippen LogP contribution in [0.25, 0.3) is 0 Å². The average molecular weight is 252 g/mol. The third-order valence-corrected chi connectivity index (χ3v) is 3.36. The van der Waals surface area contributed by atoms with Crippen molar-refractivity contribution in [1.29, 1.82) is 0 Å². The molecular weight excluding hydrogens is 224 g/mol. The van der Waals surface area contributed by atoms with E-state index in [1.807, 2.05) is 4.68 Å². The molecule has 0 bridgehead atoms. The molecule has 0 aliphatic rings. The molecule has 4 heteroatoms. The molecule has 0 amide bonds. The second-order valence-electron chi connectivity index (χ2n) is 5.63. The van der Waals surface area contributed by atoms with Crippen molar-refractivity contribution in [2.75, 3.05) is 13.1 Å². The van der Waals surface area contributed by atoms with Crippen LogP contribution in [0.2, 0.25) is 0 Å². The standard InChI is InChI=1S/C14H28N4/c1-6-7-15-9-13(11(2)3)8-14-16-10-17-18(14)12(4)5/h10-13,15H,6-9H2,1-5H3. The SMILES string of the molecule is CCCNCC(Cc1ncnn1C(C)C)C(C)C. The monoisotopic (exact) mass is 252 g/mol. The van der Waals surface area contributed by atoms with Crippen LogP contribution in [0, 0.1) is 11.8 Å². The summed E-state index contributed by atoms with van der Waals surface area (Å²) in [4.78, 5) is 4.41. The van der Waals surface area contributed by atoms with Gasteiger partial charge >= 0.3 is 0 Å². The number of nitrogens with one attached hydrogen (secondary N) is 1. The van der Waals surface area contributed by atoms with E-state index in [0.717, 1.165) is 25.3 Å². The van der Waals surface area contributed by atoms with Gasteiger partial charge in [0.1, 0.15) is 12.2 Å². The molecule has 1 unspecified atom stereocenters. The van der Waals surface area contributed by atoms with Gasteiger partial charge in [0.05, 0.1) is 0 Å². The third kappa shape index (κ3) is 4.41. The molecule has 104 valence electrons. The maximum absolute atomic E-state index is 4.41. The second kappa shape index (κ2) is 7.52. The molecule has 1 atom stereocenters. The van der Waals surface area contributed by atoms with E-state index >= 15 is 0 Å². The highest BCUT2D eigenvalue weighted by Gasteiger charge is 2.17. The number of rotatable bonds is 8. The van der Waals surface area contributed by atoms with Gasteiger partial charge in [-0.2, -0.15) is 5.10 Å². The van der Waals surface area contributed by atoms with Crippen molar-refractivity contribution in [3.05, 3.63) is 12.2 Å². The fraction of sp³-hybridized carbons (Fsp3) is 0.857. The molecule has 1 heterocycles. The molecule has 0 aliphatic heterocycles. The minimum Gasteiger partial charge on any atom is -0.316 e. The Labute approximate surface area is 111 Å². The molecule has 18 heavy (non-hydrogen) atoms. The Bertz CT molecular complexity index is 330. The Morgan fingerprint density at radius 1 is 1.28 bits per heavy atom. The van der Waals surface area contributed by atoms with Gasteiger partial charge in [-0.25, -0.2) is 9.67 Å². The van der Waals surface area contributed by atoms with E-state index in [-0.39, 0.29) is 0 Å². The van der Waals surface area contributed by atoms with Gasteiger partial charge in [-0.3, -0.25) is 0 Å². The highest BCUT2D eigenvalue weighted by molar-refractivity contribution is 4.90. The van der Waals surface area contributed by atoms with Crippen LogP contribution in [0.3, 0.4) is 0 Å². The topological polar surface area (TPSA) is 42.7 Å². The van der Waals surface area contributed by atoms with Crippen LogP contribution in [0.4, 0.5) is 0 Å². The molecule has 0 fully saturated rings. The van der Waals surface area contributed by atoms with Gasteiger partial charge in [-0.15, -0.1) is 0 Å². The second-order valence-corrected chi connectivity index (χ2v) is 5.63. The Morgan fingerprint density at radius 2 is 2.00 bits per heavy atom. The first-order valence-electron chi connectivity index (χ1n) is 7.15. The minimum atomic E-state index is 0.388. The summed E-state index contributed by atoms with van der Waals surface area (Å²) in [5.74, 6) is 2.40. The van der Waals surface area contributed by atoms with Gasteiger partial charge in [0.2, 0.25) is 0 Å². The van der Waals surface area contributed by atoms with Crippen LogP contribution in [0.1, 0.15) is 52.9 Å². The van der Waals surface area contributed by atoms with E-state index in [1.54, 1.807) is 6.33 Å². The number of nitrogens with zero attached hydrogens (tertiary/aromatic N) is 3. The van der Waals surface area contributed by atoms with Crippen LogP contribution in [-0.2, 0) is 6.42 Å². The summed E-state index contributed by atoms with van der Waals surface area (Å²) < 4.78 is 2.04. The lowest BCUT2D eigenvalue weighted by molar-refractivity contribution is 0.344. The van der Waals surface area contributed by atoms with E-state index in [9.17, 15) is 0 Å². The van der Waals surface area contributed by atoms with Crippen molar-refractivity contribution in [2.24, 2.45) is 11.8 Å². The zero-order valence-electron chi connectivity index (χ0n) is 12.5. The first-order valence-corrected chi connectivity index (χ1v) is 7.15. The highest BCUT2D eigenvalue weighted by Crippen LogP contribution is 2.17. The fourth-order valence-electron chi connectivity index (χ4n) is 2.09. The van der Waals surface area contributed by atoms with E-state index < -0.39 is 0 Å². The summed E-state index contributed by atoms with van der Waals surface area (Å²) in [5.41, 5.74) is 0. The summed E-state index contributed by atoms with van der Waals surface area (Å²) in [7, 11) is 0. The number of hydrogen-bond acceptors (Lipinski definition) is 3. The molecule has 0 saturated carbocycles. The molecular formula is C14H28N4. The van der Waals surface area contributed by atoms with Crippen molar-refractivity contribution in [3.8, 4) is 0 Å². The van der Waals surface area contributed by atoms with Crippen molar-refractivity contribution in [1.82, 2.24) is 20.1 Å². The van der Waals surface area contributed by atoms with Gasteiger partial charge in [-0.05, 0) is 45.2 Å². The molecule has 1 N–H and O–H groups in total.